The predicted octanol–water partition coefficient (Wildman–Crippen LogP) is 1.65. The predicted molar refractivity (Wildman–Crippen MR) is 140 cm³/mol. The molecule has 1 amide bonds. The number of aliphatic hydroxyl groups is 2. The number of phenols is 1. The summed E-state index contributed by atoms with van der Waals surface area (Å²) in [5.41, 5.74) is 3.65. The average Bonchev–Trinajstić information content (AvgIpc) is 2.86. The van der Waals surface area contributed by atoms with Crippen molar-refractivity contribution in [1.82, 2.24) is 10.6 Å². The fourth-order valence-corrected chi connectivity index (χ4v) is 4.42. The lowest BCUT2D eigenvalue weighted by Crippen LogP contribution is -2.32. The number of hydrogen-bond acceptors (Lipinski definition) is 7. The van der Waals surface area contributed by atoms with Gasteiger partial charge in [0.15, 0.2) is 0 Å². The van der Waals surface area contributed by atoms with Crippen LogP contribution in [0.5, 0.6) is 5.75 Å². The van der Waals surface area contributed by atoms with Gasteiger partial charge in [-0.25, -0.2) is 13.6 Å². The van der Waals surface area contributed by atoms with Gasteiger partial charge in [-0.15, -0.1) is 0 Å². The van der Waals surface area contributed by atoms with Crippen LogP contribution >= 0.6 is 0 Å². The van der Waals surface area contributed by atoms with Crippen molar-refractivity contribution in [2.75, 3.05) is 6.54 Å². The molecule has 9 nitrogen and oxygen atoms in total. The first-order chi connectivity index (χ1) is 17.5. The zero-order valence-corrected chi connectivity index (χ0v) is 21.4. The van der Waals surface area contributed by atoms with Crippen LogP contribution in [0.25, 0.3) is 0 Å². The quantitative estimate of drug-likeness (QED) is 0.209. The molecule has 0 radical (unpaired) electrons. The van der Waals surface area contributed by atoms with E-state index in [2.05, 4.69) is 10.6 Å². The number of rotatable bonds is 12. The van der Waals surface area contributed by atoms with Gasteiger partial charge in [0.25, 0.3) is 0 Å². The Morgan fingerprint density at radius 3 is 2.38 bits per heavy atom. The molecule has 3 aromatic rings. The largest absolute Gasteiger partial charge is 0.508 e. The van der Waals surface area contributed by atoms with Gasteiger partial charge in [0, 0.05) is 24.7 Å². The van der Waals surface area contributed by atoms with E-state index in [0.717, 1.165) is 16.7 Å². The Labute approximate surface area is 217 Å². The van der Waals surface area contributed by atoms with Gasteiger partial charge in [-0.05, 0) is 59.9 Å². The third-order valence-corrected chi connectivity index (χ3v) is 6.89. The summed E-state index contributed by atoms with van der Waals surface area (Å²) in [4.78, 5) is 12.4. The molecule has 2 atom stereocenters. The molecule has 10 heteroatoms. The molecule has 3 aromatic carbocycles. The van der Waals surface area contributed by atoms with Gasteiger partial charge in [0.1, 0.15) is 5.75 Å². The summed E-state index contributed by atoms with van der Waals surface area (Å²) in [5.74, 6) is -0.162. The number of aliphatic hydroxyl groups excluding tert-OH is 2. The number of carbonyl (C=O) groups excluding carboxylic acids is 1. The van der Waals surface area contributed by atoms with Crippen molar-refractivity contribution in [3.8, 4) is 5.75 Å². The highest BCUT2D eigenvalue weighted by molar-refractivity contribution is 7.89. The molecule has 3 rings (SSSR count). The van der Waals surface area contributed by atoms with E-state index in [0.29, 0.717) is 24.1 Å². The van der Waals surface area contributed by atoms with Crippen LogP contribution in [0.3, 0.4) is 0 Å². The lowest BCUT2D eigenvalue weighted by molar-refractivity contribution is -0.120. The maximum atomic E-state index is 12.4. The Bertz CT molecular complexity index is 1310. The van der Waals surface area contributed by atoms with E-state index in [1.165, 1.54) is 18.2 Å². The lowest BCUT2D eigenvalue weighted by Gasteiger charge is -2.18. The number of nitrogens with two attached hydrogens (primary N) is 1. The van der Waals surface area contributed by atoms with Crippen molar-refractivity contribution in [1.29, 1.82) is 0 Å². The second kappa shape index (κ2) is 12.8. The summed E-state index contributed by atoms with van der Waals surface area (Å²) in [6, 6.07) is 18.5. The van der Waals surface area contributed by atoms with Crippen LogP contribution in [0.4, 0.5) is 0 Å². The highest BCUT2D eigenvalue weighted by Crippen LogP contribution is 2.22. The minimum absolute atomic E-state index is 0.00728. The molecule has 0 fully saturated rings. The van der Waals surface area contributed by atoms with E-state index in [-0.39, 0.29) is 42.2 Å². The topological polar surface area (TPSA) is 162 Å². The molecule has 0 bridgehead atoms. The number of amides is 1. The molecule has 37 heavy (non-hydrogen) atoms. The summed E-state index contributed by atoms with van der Waals surface area (Å²) >= 11 is 0. The van der Waals surface area contributed by atoms with E-state index >= 15 is 0 Å². The SMILES string of the molecule is CC(Cc1cccc(CC(=O)NCc2ccc(S(N)(=O)=O)cc2)c1)NC[C@H](O)c1ccc(O)c(CO)c1. The number of nitrogens with one attached hydrogen (secondary N) is 2. The standard InChI is InChI=1S/C27H33N3O6S/c1-18(29-16-26(33)22-7-10-25(32)23(14-22)17-31)11-20-3-2-4-21(12-20)13-27(34)30-15-19-5-8-24(9-6-19)37(28,35)36/h2-10,12,14,18,26,29,31-33H,11,13,15-17H2,1H3,(H,30,34)(H2,28,35,36)/t18?,26-/m0/s1. The Hall–Kier alpha value is -3.28. The minimum Gasteiger partial charge on any atom is -0.508 e. The van der Waals surface area contributed by atoms with Gasteiger partial charge < -0.3 is 26.0 Å². The molecule has 1 unspecified atom stereocenters. The van der Waals surface area contributed by atoms with Crippen molar-refractivity contribution < 1.29 is 28.5 Å². The summed E-state index contributed by atoms with van der Waals surface area (Å²) in [6.45, 7) is 2.27. The zero-order valence-electron chi connectivity index (χ0n) is 20.6. The second-order valence-electron chi connectivity index (χ2n) is 9.04. The minimum atomic E-state index is -3.75. The van der Waals surface area contributed by atoms with Crippen LogP contribution in [-0.2, 0) is 40.8 Å². The summed E-state index contributed by atoms with van der Waals surface area (Å²) in [7, 11) is -3.75. The van der Waals surface area contributed by atoms with Crippen molar-refractivity contribution in [2.24, 2.45) is 5.14 Å². The fourth-order valence-electron chi connectivity index (χ4n) is 3.91. The van der Waals surface area contributed by atoms with Crippen LogP contribution in [0.15, 0.2) is 71.6 Å². The first-order valence-corrected chi connectivity index (χ1v) is 13.4. The highest BCUT2D eigenvalue weighted by atomic mass is 32.2. The third-order valence-electron chi connectivity index (χ3n) is 5.96. The molecule has 7 N–H and O–H groups in total. The van der Waals surface area contributed by atoms with E-state index in [1.807, 2.05) is 31.2 Å². The van der Waals surface area contributed by atoms with Gasteiger partial charge in [0.05, 0.1) is 24.0 Å². The fraction of sp³-hybridized carbons (Fsp3) is 0.296. The van der Waals surface area contributed by atoms with Gasteiger partial charge in [-0.3, -0.25) is 4.79 Å². The van der Waals surface area contributed by atoms with Crippen LogP contribution in [0.1, 0.15) is 40.8 Å². The van der Waals surface area contributed by atoms with Crippen molar-refractivity contribution in [3.63, 3.8) is 0 Å². The van der Waals surface area contributed by atoms with Crippen molar-refractivity contribution in [2.45, 2.75) is 50.0 Å². The van der Waals surface area contributed by atoms with E-state index in [1.54, 1.807) is 24.3 Å². The molecule has 198 valence electrons. The summed E-state index contributed by atoms with van der Waals surface area (Å²) in [5, 5.41) is 40.7. The molecule has 0 aliphatic heterocycles. The number of hydrogen-bond donors (Lipinski definition) is 6. The second-order valence-corrected chi connectivity index (χ2v) is 10.6. The first kappa shape index (κ1) is 28.3. The molecular weight excluding hydrogens is 494 g/mol. The van der Waals surface area contributed by atoms with Gasteiger partial charge in [0.2, 0.25) is 15.9 Å². The monoisotopic (exact) mass is 527 g/mol. The zero-order chi connectivity index (χ0) is 27.0. The maximum Gasteiger partial charge on any atom is 0.238 e. The van der Waals surface area contributed by atoms with Crippen LogP contribution in [0, 0.1) is 0 Å². The number of benzene rings is 3. The van der Waals surface area contributed by atoms with Crippen molar-refractivity contribution >= 4 is 15.9 Å². The van der Waals surface area contributed by atoms with Crippen LogP contribution < -0.4 is 15.8 Å². The normalized spacial score (nSPS) is 13.2. The summed E-state index contributed by atoms with van der Waals surface area (Å²) < 4.78 is 22.7. The molecular formula is C27H33N3O6S. The van der Waals surface area contributed by atoms with Crippen LogP contribution in [0.2, 0.25) is 0 Å². The number of primary sulfonamides is 1. The maximum absolute atomic E-state index is 12.4. The van der Waals surface area contributed by atoms with Gasteiger partial charge in [-0.1, -0.05) is 42.5 Å². The van der Waals surface area contributed by atoms with Gasteiger partial charge >= 0.3 is 0 Å². The summed E-state index contributed by atoms with van der Waals surface area (Å²) in [6.07, 6.45) is 0.104. The van der Waals surface area contributed by atoms with Gasteiger partial charge in [-0.2, -0.15) is 0 Å². The number of aromatic hydroxyl groups is 1. The Morgan fingerprint density at radius 1 is 1.00 bits per heavy atom. The van der Waals surface area contributed by atoms with E-state index in [9.17, 15) is 28.5 Å². The average molecular weight is 528 g/mol. The van der Waals surface area contributed by atoms with Crippen molar-refractivity contribution in [3.05, 3.63) is 94.5 Å². The third kappa shape index (κ3) is 8.66. The Morgan fingerprint density at radius 2 is 1.70 bits per heavy atom. The Balaban J connectivity index is 1.47. The molecule has 0 aliphatic carbocycles. The molecule has 0 aromatic heterocycles. The Kier molecular flexibility index (Phi) is 9.79. The van der Waals surface area contributed by atoms with E-state index in [4.69, 9.17) is 5.14 Å². The smallest absolute Gasteiger partial charge is 0.238 e. The number of carbonyl (C=O) groups is 1. The lowest BCUT2D eigenvalue weighted by atomic mass is 10.0. The first-order valence-electron chi connectivity index (χ1n) is 11.9. The number of sulfonamides is 1. The van der Waals surface area contributed by atoms with E-state index < -0.39 is 16.1 Å². The molecule has 0 aliphatic rings. The highest BCUT2D eigenvalue weighted by Gasteiger charge is 2.13. The van der Waals surface area contributed by atoms with Crippen LogP contribution in [-0.4, -0.2) is 42.2 Å². The molecule has 0 saturated heterocycles. The molecule has 0 saturated carbocycles. The molecule has 0 spiro atoms. The molecule has 0 heterocycles.